The van der Waals surface area contributed by atoms with Gasteiger partial charge in [0.2, 0.25) is 0 Å². The Balaban J connectivity index is 3.36. The summed E-state index contributed by atoms with van der Waals surface area (Å²) in [7, 11) is 1.77. The largest absolute Gasteiger partial charge is 0.383 e. The maximum absolute atomic E-state index is 5.12. The molecule has 0 heterocycles. The van der Waals surface area contributed by atoms with Crippen LogP contribution in [0.1, 0.15) is 45.4 Å². The van der Waals surface area contributed by atoms with Crippen LogP contribution in [0, 0.1) is 0 Å². The molecule has 0 rings (SSSR count). The van der Waals surface area contributed by atoms with E-state index in [1.807, 2.05) is 0 Å². The van der Waals surface area contributed by atoms with Crippen molar-refractivity contribution in [1.29, 1.82) is 0 Å². The molecule has 0 aliphatic rings. The van der Waals surface area contributed by atoms with Crippen molar-refractivity contribution in [2.75, 3.05) is 38.7 Å². The van der Waals surface area contributed by atoms with Gasteiger partial charge >= 0.3 is 0 Å². The minimum absolute atomic E-state index is 0.850. The highest BCUT2D eigenvalue weighted by Crippen LogP contribution is 2.06. The quantitative estimate of drug-likeness (QED) is 0.402. The topological polar surface area (TPSA) is 12.5 Å². The number of rotatable bonds is 12. The molecule has 0 atom stereocenters. The van der Waals surface area contributed by atoms with Crippen LogP contribution >= 0.6 is 15.9 Å². The Morgan fingerprint density at radius 3 is 2.25 bits per heavy atom. The summed E-state index contributed by atoms with van der Waals surface area (Å²) in [6, 6.07) is 0. The van der Waals surface area contributed by atoms with E-state index in [9.17, 15) is 0 Å². The highest BCUT2D eigenvalue weighted by Gasteiger charge is 2.02. The third kappa shape index (κ3) is 10.9. The Morgan fingerprint density at radius 1 is 0.938 bits per heavy atom. The van der Waals surface area contributed by atoms with Gasteiger partial charge in [-0.1, -0.05) is 55.0 Å². The molecule has 98 valence electrons. The van der Waals surface area contributed by atoms with E-state index in [0.29, 0.717) is 0 Å². The van der Waals surface area contributed by atoms with Crippen LogP contribution in [-0.2, 0) is 4.74 Å². The Morgan fingerprint density at radius 2 is 1.62 bits per heavy atom. The summed E-state index contributed by atoms with van der Waals surface area (Å²) < 4.78 is 5.12. The van der Waals surface area contributed by atoms with Crippen molar-refractivity contribution in [1.82, 2.24) is 4.90 Å². The fourth-order valence-corrected chi connectivity index (χ4v) is 2.29. The molecule has 0 saturated heterocycles. The molecule has 0 radical (unpaired) electrons. The Bertz CT molecular complexity index is 133. The third-order valence-electron chi connectivity index (χ3n) is 2.84. The van der Waals surface area contributed by atoms with Gasteiger partial charge in [-0.25, -0.2) is 0 Å². The van der Waals surface area contributed by atoms with Crippen molar-refractivity contribution in [2.24, 2.45) is 0 Å². The summed E-state index contributed by atoms with van der Waals surface area (Å²) in [6.07, 6.45) is 8.26. The number of halogens is 1. The summed E-state index contributed by atoms with van der Waals surface area (Å²) in [5.41, 5.74) is 0. The zero-order valence-corrected chi connectivity index (χ0v) is 12.6. The van der Waals surface area contributed by atoms with Gasteiger partial charge in [0.1, 0.15) is 0 Å². The molecule has 0 saturated carbocycles. The van der Waals surface area contributed by atoms with E-state index < -0.39 is 0 Å². The van der Waals surface area contributed by atoms with Crippen LogP contribution in [0.5, 0.6) is 0 Å². The number of ether oxygens (including phenoxy) is 1. The molecule has 16 heavy (non-hydrogen) atoms. The Kier molecular flexibility index (Phi) is 13.8. The zero-order valence-electron chi connectivity index (χ0n) is 11.0. The summed E-state index contributed by atoms with van der Waals surface area (Å²) in [5, 5.41) is 1.06. The molecule has 0 bridgehead atoms. The average molecular weight is 294 g/mol. The fraction of sp³-hybridized carbons (Fsp3) is 1.00. The monoisotopic (exact) mass is 293 g/mol. The molecule has 0 amide bonds. The molecule has 0 unspecified atom stereocenters. The van der Waals surface area contributed by atoms with Crippen molar-refractivity contribution in [3.8, 4) is 0 Å². The summed E-state index contributed by atoms with van der Waals surface area (Å²) >= 11 is 3.50. The Hall–Kier alpha value is 0.400. The highest BCUT2D eigenvalue weighted by atomic mass is 79.9. The van der Waals surface area contributed by atoms with E-state index in [1.165, 1.54) is 45.1 Å². The lowest BCUT2D eigenvalue weighted by molar-refractivity contribution is 0.150. The van der Waals surface area contributed by atoms with Gasteiger partial charge in [-0.05, 0) is 13.0 Å². The van der Waals surface area contributed by atoms with Gasteiger partial charge in [0, 0.05) is 25.5 Å². The van der Waals surface area contributed by atoms with Crippen molar-refractivity contribution in [3.05, 3.63) is 0 Å². The van der Waals surface area contributed by atoms with E-state index in [2.05, 4.69) is 27.8 Å². The first-order valence-electron chi connectivity index (χ1n) is 6.62. The van der Waals surface area contributed by atoms with Crippen LogP contribution < -0.4 is 0 Å². The second-order valence-corrected chi connectivity index (χ2v) is 5.08. The van der Waals surface area contributed by atoms with Gasteiger partial charge in [-0.2, -0.15) is 0 Å². The molecule has 3 heteroatoms. The zero-order chi connectivity index (χ0) is 12.1. The van der Waals surface area contributed by atoms with Crippen LogP contribution in [-0.4, -0.2) is 43.6 Å². The lowest BCUT2D eigenvalue weighted by Crippen LogP contribution is -2.30. The molecule has 0 aromatic carbocycles. The maximum atomic E-state index is 5.12. The van der Waals surface area contributed by atoms with Crippen LogP contribution in [0.2, 0.25) is 0 Å². The maximum Gasteiger partial charge on any atom is 0.0589 e. The molecular weight excluding hydrogens is 266 g/mol. The van der Waals surface area contributed by atoms with Gasteiger partial charge in [0.05, 0.1) is 6.61 Å². The number of hydrogen-bond acceptors (Lipinski definition) is 2. The predicted octanol–water partition coefficient (Wildman–Crippen LogP) is 3.69. The van der Waals surface area contributed by atoms with Gasteiger partial charge in [0.25, 0.3) is 0 Å². The average Bonchev–Trinajstić information content (AvgIpc) is 2.30. The molecule has 0 aromatic heterocycles. The lowest BCUT2D eigenvalue weighted by atomic mass is 10.1. The fourth-order valence-electron chi connectivity index (χ4n) is 1.79. The van der Waals surface area contributed by atoms with Crippen molar-refractivity contribution < 1.29 is 4.74 Å². The van der Waals surface area contributed by atoms with E-state index >= 15 is 0 Å². The molecule has 0 aliphatic heterocycles. The summed E-state index contributed by atoms with van der Waals surface area (Å²) in [5.74, 6) is 0. The van der Waals surface area contributed by atoms with E-state index in [-0.39, 0.29) is 0 Å². The first kappa shape index (κ1) is 16.4. The highest BCUT2D eigenvalue weighted by molar-refractivity contribution is 9.09. The molecular formula is C13H28BrNO. The van der Waals surface area contributed by atoms with Crippen LogP contribution in [0.3, 0.4) is 0 Å². The van der Waals surface area contributed by atoms with Gasteiger partial charge in [-0.15, -0.1) is 0 Å². The summed E-state index contributed by atoms with van der Waals surface area (Å²) in [4.78, 5) is 2.48. The molecule has 0 aliphatic carbocycles. The van der Waals surface area contributed by atoms with Crippen molar-refractivity contribution in [3.63, 3.8) is 0 Å². The molecule has 0 aromatic rings. The van der Waals surface area contributed by atoms with Crippen LogP contribution in [0.4, 0.5) is 0 Å². The predicted molar refractivity (Wildman–Crippen MR) is 75.5 cm³/mol. The molecule has 0 spiro atoms. The molecule has 2 nitrogen and oxygen atoms in total. The second kappa shape index (κ2) is 13.5. The summed E-state index contributed by atoms with van der Waals surface area (Å²) in [6.45, 7) is 6.54. The normalized spacial score (nSPS) is 11.2. The second-order valence-electron chi connectivity index (χ2n) is 4.29. The lowest BCUT2D eigenvalue weighted by Gasteiger charge is -2.20. The van der Waals surface area contributed by atoms with Gasteiger partial charge in [-0.3, -0.25) is 0 Å². The van der Waals surface area contributed by atoms with Crippen LogP contribution in [0.15, 0.2) is 0 Å². The number of hydrogen-bond donors (Lipinski definition) is 0. The van der Waals surface area contributed by atoms with Gasteiger partial charge < -0.3 is 9.64 Å². The van der Waals surface area contributed by atoms with Crippen LogP contribution in [0.25, 0.3) is 0 Å². The smallest absolute Gasteiger partial charge is 0.0589 e. The van der Waals surface area contributed by atoms with E-state index in [0.717, 1.165) is 25.0 Å². The number of alkyl halides is 1. The number of nitrogens with zero attached hydrogens (tertiary/aromatic N) is 1. The first-order valence-corrected chi connectivity index (χ1v) is 7.74. The van der Waals surface area contributed by atoms with E-state index in [4.69, 9.17) is 4.74 Å². The third-order valence-corrected chi connectivity index (χ3v) is 3.19. The van der Waals surface area contributed by atoms with Gasteiger partial charge in [0.15, 0.2) is 0 Å². The van der Waals surface area contributed by atoms with Crippen molar-refractivity contribution >= 4 is 15.9 Å². The first-order chi connectivity index (χ1) is 7.85. The Labute approximate surface area is 110 Å². The number of methoxy groups -OCH3 is 1. The van der Waals surface area contributed by atoms with Crippen molar-refractivity contribution in [2.45, 2.75) is 45.4 Å². The molecule has 0 fully saturated rings. The molecule has 0 N–H and O–H groups in total. The SMILES string of the molecule is CCCCCCCCN(CCBr)CCOC. The number of unbranched alkanes of at least 4 members (excludes halogenated alkanes) is 5. The minimum atomic E-state index is 0.850. The standard InChI is InChI=1S/C13H28BrNO/c1-3-4-5-6-7-8-10-15(11-9-14)12-13-16-2/h3-13H2,1-2H3. The van der Waals surface area contributed by atoms with E-state index in [1.54, 1.807) is 7.11 Å². The minimum Gasteiger partial charge on any atom is -0.383 e.